The van der Waals surface area contributed by atoms with E-state index >= 15 is 0 Å². The number of hydrogen-bond donors (Lipinski definition) is 1. The third kappa shape index (κ3) is 3.42. The fourth-order valence-corrected chi connectivity index (χ4v) is 2.99. The van der Waals surface area contributed by atoms with Gasteiger partial charge in [0.25, 0.3) is 0 Å². The van der Waals surface area contributed by atoms with Crippen LogP contribution in [0.4, 0.5) is 0 Å². The average molecular weight is 308 g/mol. The lowest BCUT2D eigenvalue weighted by molar-refractivity contribution is 0.685. The fourth-order valence-electron chi connectivity index (χ4n) is 2.81. The fraction of sp³-hybridized carbons (Fsp3) is 0.263. The van der Waals surface area contributed by atoms with Crippen molar-refractivity contribution in [2.45, 2.75) is 32.6 Å². The maximum atomic E-state index is 5.37. The van der Waals surface area contributed by atoms with Crippen molar-refractivity contribution >= 4 is 22.9 Å². The summed E-state index contributed by atoms with van der Waals surface area (Å²) in [4.78, 5) is 0.651. The van der Waals surface area contributed by atoms with Gasteiger partial charge in [0.05, 0.1) is 5.71 Å². The minimum Gasteiger partial charge on any atom is -0.267 e. The van der Waals surface area contributed by atoms with E-state index in [0.29, 0.717) is 4.99 Å². The second kappa shape index (κ2) is 6.84. The second-order valence-corrected chi connectivity index (χ2v) is 6.10. The molecule has 112 valence electrons. The lowest BCUT2D eigenvalue weighted by Gasteiger charge is -2.16. The van der Waals surface area contributed by atoms with Crippen molar-refractivity contribution in [2.24, 2.45) is 5.10 Å². The first kappa shape index (κ1) is 14.9. The summed E-state index contributed by atoms with van der Waals surface area (Å²) < 4.78 is 0. The Morgan fingerprint density at radius 1 is 0.955 bits per heavy atom. The van der Waals surface area contributed by atoms with E-state index in [1.54, 1.807) is 0 Å². The molecule has 0 amide bonds. The number of rotatable bonds is 3. The Morgan fingerprint density at radius 3 is 2.45 bits per heavy atom. The van der Waals surface area contributed by atoms with Crippen molar-refractivity contribution in [3.8, 4) is 0 Å². The predicted octanol–water partition coefficient (Wildman–Crippen LogP) is 4.25. The zero-order valence-corrected chi connectivity index (χ0v) is 13.6. The lowest BCUT2D eigenvalue weighted by Crippen LogP contribution is -2.18. The van der Waals surface area contributed by atoms with Gasteiger partial charge in [0, 0.05) is 5.56 Å². The average Bonchev–Trinajstić information content (AvgIpc) is 2.59. The van der Waals surface area contributed by atoms with E-state index in [0.717, 1.165) is 11.3 Å². The Morgan fingerprint density at radius 2 is 1.68 bits per heavy atom. The Labute approximate surface area is 137 Å². The molecule has 0 bridgehead atoms. The molecule has 3 heteroatoms. The molecule has 22 heavy (non-hydrogen) atoms. The van der Waals surface area contributed by atoms with Crippen molar-refractivity contribution in [3.05, 3.63) is 70.8 Å². The summed E-state index contributed by atoms with van der Waals surface area (Å²) in [5.41, 5.74) is 9.09. The van der Waals surface area contributed by atoms with Gasteiger partial charge in [-0.15, -0.1) is 0 Å². The second-order valence-electron chi connectivity index (χ2n) is 5.69. The number of nitrogens with zero attached hydrogens (tertiary/aromatic N) is 1. The third-order valence-corrected chi connectivity index (χ3v) is 4.45. The number of thiocarbonyl (C=S) groups is 1. The summed E-state index contributed by atoms with van der Waals surface area (Å²) in [7, 11) is 0. The van der Waals surface area contributed by atoms with E-state index < -0.39 is 0 Å². The molecule has 0 fully saturated rings. The van der Waals surface area contributed by atoms with Crippen molar-refractivity contribution < 1.29 is 0 Å². The molecule has 0 spiro atoms. The highest BCUT2D eigenvalue weighted by atomic mass is 32.1. The smallest absolute Gasteiger partial charge is 0.126 e. The first-order chi connectivity index (χ1) is 10.7. The maximum absolute atomic E-state index is 5.37. The van der Waals surface area contributed by atoms with Crippen molar-refractivity contribution in [1.29, 1.82) is 0 Å². The van der Waals surface area contributed by atoms with Gasteiger partial charge in [-0.3, -0.25) is 5.43 Å². The van der Waals surface area contributed by atoms with Gasteiger partial charge in [-0.1, -0.05) is 54.7 Å². The molecule has 0 saturated carbocycles. The van der Waals surface area contributed by atoms with E-state index in [9.17, 15) is 0 Å². The summed E-state index contributed by atoms with van der Waals surface area (Å²) in [6.45, 7) is 2.02. The van der Waals surface area contributed by atoms with E-state index in [-0.39, 0.29) is 0 Å². The summed E-state index contributed by atoms with van der Waals surface area (Å²) in [5.74, 6) is 0. The molecular weight excluding hydrogens is 288 g/mol. The highest BCUT2D eigenvalue weighted by molar-refractivity contribution is 7.80. The van der Waals surface area contributed by atoms with Crippen LogP contribution in [0.1, 0.15) is 42.0 Å². The summed E-state index contributed by atoms with van der Waals surface area (Å²) in [5, 5.41) is 4.45. The molecule has 2 aromatic rings. The van der Waals surface area contributed by atoms with E-state index in [2.05, 4.69) is 28.7 Å². The zero-order chi connectivity index (χ0) is 15.4. The molecule has 1 aliphatic rings. The van der Waals surface area contributed by atoms with Gasteiger partial charge >= 0.3 is 0 Å². The molecular formula is C19H20N2S. The van der Waals surface area contributed by atoms with Gasteiger partial charge in [-0.2, -0.15) is 5.10 Å². The number of hydrogen-bond acceptors (Lipinski definition) is 2. The Hall–Kier alpha value is -2.00. The zero-order valence-electron chi connectivity index (χ0n) is 12.8. The minimum atomic E-state index is 0.651. The van der Waals surface area contributed by atoms with Crippen LogP contribution < -0.4 is 5.43 Å². The van der Waals surface area contributed by atoms with Crippen molar-refractivity contribution in [2.75, 3.05) is 0 Å². The molecule has 3 rings (SSSR count). The van der Waals surface area contributed by atoms with Crippen LogP contribution in [0.15, 0.2) is 53.6 Å². The van der Waals surface area contributed by atoms with Gasteiger partial charge < -0.3 is 0 Å². The molecule has 0 aliphatic heterocycles. The Kier molecular flexibility index (Phi) is 4.64. The normalized spacial score (nSPS) is 14.3. The molecule has 1 aliphatic carbocycles. The standard InChI is InChI=1S/C19H20N2S/c1-14(20-21-19(22)16-8-3-2-4-9-16)17-12-11-15-7-5-6-10-18(15)13-17/h2-4,8-9,11-13H,5-7,10H2,1H3,(H,21,22). The van der Waals surface area contributed by atoms with Crippen LogP contribution in [0, 0.1) is 0 Å². The number of hydrazone groups is 1. The molecule has 0 heterocycles. The summed E-state index contributed by atoms with van der Waals surface area (Å²) >= 11 is 5.37. The van der Waals surface area contributed by atoms with E-state index in [4.69, 9.17) is 12.2 Å². The molecule has 0 radical (unpaired) electrons. The molecule has 0 aromatic heterocycles. The van der Waals surface area contributed by atoms with Gasteiger partial charge in [-0.05, 0) is 55.4 Å². The lowest BCUT2D eigenvalue weighted by atomic mass is 9.90. The molecule has 2 aromatic carbocycles. The largest absolute Gasteiger partial charge is 0.267 e. The van der Waals surface area contributed by atoms with Crippen molar-refractivity contribution in [3.63, 3.8) is 0 Å². The molecule has 2 nitrogen and oxygen atoms in total. The van der Waals surface area contributed by atoms with Crippen LogP contribution >= 0.6 is 12.2 Å². The van der Waals surface area contributed by atoms with Gasteiger partial charge in [0.2, 0.25) is 0 Å². The van der Waals surface area contributed by atoms with Crippen molar-refractivity contribution in [1.82, 2.24) is 5.43 Å². The van der Waals surface area contributed by atoms with Crippen LogP contribution in [-0.4, -0.2) is 10.7 Å². The van der Waals surface area contributed by atoms with E-state index in [1.165, 1.54) is 42.4 Å². The highest BCUT2D eigenvalue weighted by Crippen LogP contribution is 2.22. The van der Waals surface area contributed by atoms with Crippen LogP contribution in [0.3, 0.4) is 0 Å². The quantitative estimate of drug-likeness (QED) is 0.520. The van der Waals surface area contributed by atoms with Crippen LogP contribution in [0.25, 0.3) is 0 Å². The SMILES string of the molecule is CC(=NNC(=S)c1ccccc1)c1ccc2c(c1)CCCC2. The number of nitrogens with one attached hydrogen (secondary N) is 1. The van der Waals surface area contributed by atoms with Crippen LogP contribution in [-0.2, 0) is 12.8 Å². The Balaban J connectivity index is 1.73. The maximum Gasteiger partial charge on any atom is 0.126 e. The van der Waals surface area contributed by atoms with E-state index in [1.807, 2.05) is 37.3 Å². The molecule has 1 N–H and O–H groups in total. The minimum absolute atomic E-state index is 0.651. The number of aryl methyl sites for hydroxylation is 2. The van der Waals surface area contributed by atoms with Gasteiger partial charge in [0.15, 0.2) is 0 Å². The predicted molar refractivity (Wildman–Crippen MR) is 96.6 cm³/mol. The van der Waals surface area contributed by atoms with Crippen LogP contribution in [0.2, 0.25) is 0 Å². The highest BCUT2D eigenvalue weighted by Gasteiger charge is 2.10. The summed E-state index contributed by atoms with van der Waals surface area (Å²) in [6.07, 6.45) is 5.00. The van der Waals surface area contributed by atoms with Crippen LogP contribution in [0.5, 0.6) is 0 Å². The summed E-state index contributed by atoms with van der Waals surface area (Å²) in [6, 6.07) is 16.6. The third-order valence-electron chi connectivity index (χ3n) is 4.13. The molecule has 0 unspecified atom stereocenters. The first-order valence-electron chi connectivity index (χ1n) is 7.76. The first-order valence-corrected chi connectivity index (χ1v) is 8.17. The Bertz CT molecular complexity index is 705. The monoisotopic (exact) mass is 308 g/mol. The van der Waals surface area contributed by atoms with Gasteiger partial charge in [-0.25, -0.2) is 0 Å². The van der Waals surface area contributed by atoms with Gasteiger partial charge in [0.1, 0.15) is 4.99 Å². The topological polar surface area (TPSA) is 24.4 Å². The molecule has 0 saturated heterocycles. The number of benzene rings is 2. The number of fused-ring (bicyclic) bond motifs is 1. The molecule has 0 atom stereocenters.